The highest BCUT2D eigenvalue weighted by atomic mass is 16.1. The SMILES string of the molecule is CC(C)(C)c1c(C2CCCCC2)c(C(=O)CN=C(N)N)cn1-c1ccccc1. The molecule has 150 valence electrons. The number of aromatic nitrogens is 1. The number of benzene rings is 1. The van der Waals surface area contributed by atoms with Crippen molar-refractivity contribution in [3.63, 3.8) is 0 Å². The van der Waals surface area contributed by atoms with Crippen LogP contribution in [0.15, 0.2) is 41.5 Å². The average molecular weight is 381 g/mol. The Balaban J connectivity index is 2.21. The van der Waals surface area contributed by atoms with Crippen LogP contribution in [0.2, 0.25) is 0 Å². The van der Waals surface area contributed by atoms with Crippen LogP contribution in [0.1, 0.15) is 80.4 Å². The molecular weight excluding hydrogens is 348 g/mol. The number of carbonyl (C=O) groups is 1. The third kappa shape index (κ3) is 4.29. The van der Waals surface area contributed by atoms with Crippen molar-refractivity contribution in [1.29, 1.82) is 0 Å². The van der Waals surface area contributed by atoms with E-state index in [0.29, 0.717) is 5.92 Å². The molecule has 0 amide bonds. The molecule has 0 spiro atoms. The van der Waals surface area contributed by atoms with E-state index >= 15 is 0 Å². The highest BCUT2D eigenvalue weighted by Gasteiger charge is 2.33. The monoisotopic (exact) mass is 380 g/mol. The van der Waals surface area contributed by atoms with Gasteiger partial charge in [-0.15, -0.1) is 0 Å². The molecule has 0 aliphatic heterocycles. The molecule has 4 N–H and O–H groups in total. The lowest BCUT2D eigenvalue weighted by molar-refractivity contribution is 0.100. The zero-order valence-electron chi connectivity index (χ0n) is 17.2. The second-order valence-corrected chi connectivity index (χ2v) is 8.76. The number of hydrogen-bond acceptors (Lipinski definition) is 2. The number of nitrogens with two attached hydrogens (primary N) is 2. The Labute approximate surface area is 167 Å². The Morgan fingerprint density at radius 2 is 1.75 bits per heavy atom. The molecule has 0 saturated heterocycles. The first-order valence-electron chi connectivity index (χ1n) is 10.2. The van der Waals surface area contributed by atoms with Gasteiger partial charge in [0, 0.05) is 28.6 Å². The van der Waals surface area contributed by atoms with E-state index in [-0.39, 0.29) is 23.7 Å². The number of guanidine groups is 1. The molecule has 1 aliphatic rings. The van der Waals surface area contributed by atoms with Gasteiger partial charge in [0.25, 0.3) is 0 Å². The molecule has 1 aliphatic carbocycles. The first kappa shape index (κ1) is 20.2. The fourth-order valence-electron chi connectivity index (χ4n) is 4.35. The smallest absolute Gasteiger partial charge is 0.186 e. The third-order valence-corrected chi connectivity index (χ3v) is 5.51. The molecule has 1 heterocycles. The van der Waals surface area contributed by atoms with Gasteiger partial charge in [-0.25, -0.2) is 4.99 Å². The van der Waals surface area contributed by atoms with E-state index in [2.05, 4.69) is 42.5 Å². The van der Waals surface area contributed by atoms with Crippen LogP contribution in [0, 0.1) is 0 Å². The minimum Gasteiger partial charge on any atom is -0.370 e. The van der Waals surface area contributed by atoms with E-state index in [4.69, 9.17) is 11.5 Å². The maximum atomic E-state index is 13.1. The number of Topliss-reactive ketones (excluding diaryl/α,β-unsaturated/α-hetero) is 1. The molecular formula is C23H32N4O. The Bertz CT molecular complexity index is 849. The molecule has 0 radical (unpaired) electrons. The fourth-order valence-corrected chi connectivity index (χ4v) is 4.35. The maximum absolute atomic E-state index is 13.1. The molecule has 1 saturated carbocycles. The van der Waals surface area contributed by atoms with Crippen LogP contribution in [0.25, 0.3) is 5.69 Å². The largest absolute Gasteiger partial charge is 0.370 e. The van der Waals surface area contributed by atoms with E-state index in [1.807, 2.05) is 24.4 Å². The Kier molecular flexibility index (Phi) is 5.92. The van der Waals surface area contributed by atoms with Gasteiger partial charge in [-0.05, 0) is 36.5 Å². The zero-order chi connectivity index (χ0) is 20.3. The summed E-state index contributed by atoms with van der Waals surface area (Å²) < 4.78 is 2.20. The van der Waals surface area contributed by atoms with Gasteiger partial charge in [-0.3, -0.25) is 4.79 Å². The van der Waals surface area contributed by atoms with Gasteiger partial charge in [0.1, 0.15) is 6.54 Å². The van der Waals surface area contributed by atoms with E-state index in [1.165, 1.54) is 30.5 Å². The number of aliphatic imine (C=N–C) groups is 1. The molecule has 0 unspecified atom stereocenters. The van der Waals surface area contributed by atoms with Crippen LogP contribution in [-0.4, -0.2) is 22.9 Å². The first-order valence-corrected chi connectivity index (χ1v) is 10.2. The molecule has 28 heavy (non-hydrogen) atoms. The van der Waals surface area contributed by atoms with Gasteiger partial charge < -0.3 is 16.0 Å². The lowest BCUT2D eigenvalue weighted by Gasteiger charge is -2.29. The second-order valence-electron chi connectivity index (χ2n) is 8.76. The Morgan fingerprint density at radius 1 is 1.11 bits per heavy atom. The quantitative estimate of drug-likeness (QED) is 0.461. The molecule has 0 bridgehead atoms. The predicted octanol–water partition coefficient (Wildman–Crippen LogP) is 4.28. The van der Waals surface area contributed by atoms with E-state index < -0.39 is 0 Å². The summed E-state index contributed by atoms with van der Waals surface area (Å²) in [5.74, 6) is 0.339. The summed E-state index contributed by atoms with van der Waals surface area (Å²) in [5.41, 5.74) is 15.1. The molecule has 1 fully saturated rings. The second kappa shape index (κ2) is 8.21. The van der Waals surface area contributed by atoms with Crippen molar-refractivity contribution in [3.05, 3.63) is 53.3 Å². The van der Waals surface area contributed by atoms with E-state index in [1.54, 1.807) is 0 Å². The van der Waals surface area contributed by atoms with Gasteiger partial charge in [0.15, 0.2) is 11.7 Å². The zero-order valence-corrected chi connectivity index (χ0v) is 17.2. The summed E-state index contributed by atoms with van der Waals surface area (Å²) in [7, 11) is 0. The molecule has 1 aromatic heterocycles. The van der Waals surface area contributed by atoms with E-state index in [9.17, 15) is 4.79 Å². The first-order chi connectivity index (χ1) is 13.3. The molecule has 5 heteroatoms. The van der Waals surface area contributed by atoms with Crippen LogP contribution in [-0.2, 0) is 5.41 Å². The normalized spacial score (nSPS) is 15.4. The van der Waals surface area contributed by atoms with E-state index in [0.717, 1.165) is 24.1 Å². The van der Waals surface area contributed by atoms with Gasteiger partial charge in [0.05, 0.1) is 0 Å². The van der Waals surface area contributed by atoms with Crippen molar-refractivity contribution < 1.29 is 4.79 Å². The highest BCUT2D eigenvalue weighted by molar-refractivity contribution is 6.00. The van der Waals surface area contributed by atoms with Crippen LogP contribution in [0.5, 0.6) is 0 Å². The van der Waals surface area contributed by atoms with Crippen molar-refractivity contribution >= 4 is 11.7 Å². The average Bonchev–Trinajstić information content (AvgIpc) is 3.08. The number of carbonyl (C=O) groups excluding carboxylic acids is 1. The number of ketones is 1. The topological polar surface area (TPSA) is 86.4 Å². The number of para-hydroxylation sites is 1. The molecule has 0 atom stereocenters. The maximum Gasteiger partial charge on any atom is 0.186 e. The Hall–Kier alpha value is -2.56. The van der Waals surface area contributed by atoms with Gasteiger partial charge in [-0.2, -0.15) is 0 Å². The van der Waals surface area contributed by atoms with Crippen LogP contribution in [0.4, 0.5) is 0 Å². The minimum atomic E-state index is -0.0999. The van der Waals surface area contributed by atoms with Gasteiger partial charge in [0.2, 0.25) is 0 Å². The molecule has 1 aromatic carbocycles. The molecule has 5 nitrogen and oxygen atoms in total. The van der Waals surface area contributed by atoms with Crippen LogP contribution >= 0.6 is 0 Å². The summed E-state index contributed by atoms with van der Waals surface area (Å²) in [6.45, 7) is 6.65. The summed E-state index contributed by atoms with van der Waals surface area (Å²) >= 11 is 0. The number of hydrogen-bond donors (Lipinski definition) is 2. The minimum absolute atomic E-state index is 0.00948. The summed E-state index contributed by atoms with van der Waals surface area (Å²) in [6, 6.07) is 10.2. The van der Waals surface area contributed by atoms with Crippen molar-refractivity contribution in [1.82, 2.24) is 4.57 Å². The summed E-state index contributed by atoms with van der Waals surface area (Å²) in [6.07, 6.45) is 7.97. The van der Waals surface area contributed by atoms with Crippen molar-refractivity contribution in [3.8, 4) is 5.69 Å². The molecule has 3 rings (SSSR count). The highest BCUT2D eigenvalue weighted by Crippen LogP contribution is 2.42. The lowest BCUT2D eigenvalue weighted by atomic mass is 9.77. The standard InChI is InChI=1S/C23H32N4O/c1-23(2,3)21-20(16-10-6-4-7-11-16)18(19(28)14-26-22(24)25)15-27(21)17-12-8-5-9-13-17/h5,8-9,12-13,15-16H,4,6-7,10-11,14H2,1-3H3,(H4,24,25,26). The van der Waals surface area contributed by atoms with Crippen molar-refractivity contribution in [2.24, 2.45) is 16.5 Å². The number of rotatable bonds is 5. The summed E-state index contributed by atoms with van der Waals surface area (Å²) in [4.78, 5) is 17.1. The van der Waals surface area contributed by atoms with Crippen molar-refractivity contribution in [2.45, 2.75) is 64.2 Å². The van der Waals surface area contributed by atoms with Crippen LogP contribution < -0.4 is 11.5 Å². The molecule has 2 aromatic rings. The van der Waals surface area contributed by atoms with Crippen LogP contribution in [0.3, 0.4) is 0 Å². The fraction of sp³-hybridized carbons (Fsp3) is 0.478. The Morgan fingerprint density at radius 3 is 2.32 bits per heavy atom. The third-order valence-electron chi connectivity index (χ3n) is 5.51. The predicted molar refractivity (Wildman–Crippen MR) is 115 cm³/mol. The summed E-state index contributed by atoms with van der Waals surface area (Å²) in [5, 5.41) is 0. The van der Waals surface area contributed by atoms with Gasteiger partial charge in [-0.1, -0.05) is 58.2 Å². The lowest BCUT2D eigenvalue weighted by Crippen LogP contribution is -2.24. The van der Waals surface area contributed by atoms with Crippen molar-refractivity contribution in [2.75, 3.05) is 6.54 Å². The van der Waals surface area contributed by atoms with Gasteiger partial charge >= 0.3 is 0 Å². The number of nitrogens with zero attached hydrogens (tertiary/aromatic N) is 2.